The Kier molecular flexibility index (Phi) is 23.4. The number of amides is 6. The summed E-state index contributed by atoms with van der Waals surface area (Å²) in [6, 6.07) is 13.1. The Hall–Kier alpha value is -6.28. The number of anilines is 2. The highest BCUT2D eigenvalue weighted by Crippen LogP contribution is 2.62. The van der Waals surface area contributed by atoms with Crippen molar-refractivity contribution in [2.75, 3.05) is 38.8 Å². The lowest BCUT2D eigenvalue weighted by Crippen LogP contribution is -2.60. The maximum atomic E-state index is 13.4. The standard InChI is InChI=1S/C26H36ClN3O6.C18H28ClNO3.C14H16N2O3.C6H8/c1-15(13-20(27)21(32)29(7)8)22(33)35-26(6)24(4)16(2)17(3)25(26,5)36-30(24)23(34)28-19-11-9-18(14-31)10-12-19;1-10(9-15(19)16(21)20(7)8)17(22)23-18(6)13(4)11(2)12(3)14(18)5;17-9-10-1-3-11(4-2-10)15-14(18)16-12-5-7-13(19-16)8-6-12;1-2-4-6-5-3-1/h9-12,15,20,31H,13-14H2,1-8H3,(H,28,34);10,15H,9H2,1-8H3;1-5,7,12-13,17H,6,8-9H2,(H,15,18);1-4H,5-6H2. The number of hydrogen-bond donors (Lipinski definition) is 4. The second-order valence-electron chi connectivity index (χ2n) is 23.3. The lowest BCUT2D eigenvalue weighted by Gasteiger charge is -2.41. The van der Waals surface area contributed by atoms with E-state index in [1.54, 1.807) is 104 Å². The van der Waals surface area contributed by atoms with Crippen LogP contribution in [-0.4, -0.2) is 139 Å². The third-order valence-corrected chi connectivity index (χ3v) is 18.2. The van der Waals surface area contributed by atoms with Crippen LogP contribution in [-0.2, 0) is 51.5 Å². The molecule has 2 fully saturated rings. The number of alkyl halides is 2. The van der Waals surface area contributed by atoms with Gasteiger partial charge in [-0.05, 0) is 177 Å². The summed E-state index contributed by atoms with van der Waals surface area (Å²) >= 11 is 12.3. The smallest absolute Gasteiger partial charge is 0.346 e. The number of hydrogen-bond acceptors (Lipinski definition) is 12. The van der Waals surface area contributed by atoms with Crippen molar-refractivity contribution in [3.8, 4) is 0 Å². The minimum atomic E-state index is -1.25. The number of aliphatic hydroxyl groups is 2. The fourth-order valence-electron chi connectivity index (χ4n) is 10.8. The van der Waals surface area contributed by atoms with E-state index in [4.69, 9.17) is 47.5 Å². The lowest BCUT2D eigenvalue weighted by atomic mass is 9.76. The molecule has 3 heterocycles. The number of fused-ring (bicyclic) bond motifs is 4. The monoisotopic (exact) mass is 1200 g/mol. The molecule has 4 N–H and O–H groups in total. The van der Waals surface area contributed by atoms with Crippen LogP contribution in [0, 0.1) is 11.8 Å². The Balaban J connectivity index is 0.000000230. The number of urea groups is 2. The molecule has 6 amide bonds. The van der Waals surface area contributed by atoms with Gasteiger partial charge in [-0.2, -0.15) is 10.1 Å². The second-order valence-corrected chi connectivity index (χ2v) is 24.4. The van der Waals surface area contributed by atoms with Crippen LogP contribution in [0.1, 0.15) is 133 Å². The minimum absolute atomic E-state index is 0.00197. The van der Waals surface area contributed by atoms with Gasteiger partial charge in [-0.3, -0.25) is 28.9 Å². The summed E-state index contributed by atoms with van der Waals surface area (Å²) in [5, 5.41) is 24.9. The molecule has 9 rings (SSSR count). The van der Waals surface area contributed by atoms with Crippen LogP contribution in [0.3, 0.4) is 0 Å². The molecule has 9 atom stereocenters. The van der Waals surface area contributed by atoms with E-state index in [1.807, 2.05) is 67.5 Å². The van der Waals surface area contributed by atoms with Crippen molar-refractivity contribution in [2.45, 2.75) is 180 Å². The summed E-state index contributed by atoms with van der Waals surface area (Å²) in [6.45, 7) is 22.5. The highest BCUT2D eigenvalue weighted by molar-refractivity contribution is 6.31. The van der Waals surface area contributed by atoms with E-state index in [0.29, 0.717) is 11.4 Å². The van der Waals surface area contributed by atoms with E-state index in [0.717, 1.165) is 46.3 Å². The van der Waals surface area contributed by atoms with Crippen LogP contribution in [0.5, 0.6) is 0 Å². The van der Waals surface area contributed by atoms with Crippen LogP contribution in [0.25, 0.3) is 0 Å². The van der Waals surface area contributed by atoms with E-state index < -0.39 is 56.9 Å². The largest absolute Gasteiger partial charge is 0.453 e. The van der Waals surface area contributed by atoms with Gasteiger partial charge in [0.25, 0.3) is 0 Å². The average Bonchev–Trinajstić information content (AvgIpc) is 1.57. The third kappa shape index (κ3) is 14.9. The first kappa shape index (κ1) is 68.5. The van der Waals surface area contributed by atoms with Crippen molar-refractivity contribution >= 4 is 70.4 Å². The third-order valence-electron chi connectivity index (χ3n) is 17.5. The second kappa shape index (κ2) is 28.7. The number of halogens is 2. The van der Waals surface area contributed by atoms with E-state index in [2.05, 4.69) is 34.9 Å². The van der Waals surface area contributed by atoms with E-state index >= 15 is 0 Å². The topological polar surface area (TPSA) is 217 Å². The molecule has 2 aromatic rings. The van der Waals surface area contributed by atoms with Crippen LogP contribution >= 0.6 is 23.2 Å². The Labute approximate surface area is 506 Å². The first-order valence-corrected chi connectivity index (χ1v) is 29.4. The molecule has 0 saturated carbocycles. The Morgan fingerprint density at radius 1 is 0.643 bits per heavy atom. The SMILES string of the molecule is C1=CCCC=C1.CC1=C(C)C(C)(OC(=O)C(C)CC(Cl)C(=O)N(C)C)C(C)=C1C.CC1=C(C)C2(C)N(C(=O)Nc3ccc(CO)cc3)OC1(C)C2(C)OC(=O)C(C)CC(Cl)C(=O)N(C)C.O=C(Nc1ccc(CO)cc1)N1OC2C=CC1CC2. The van der Waals surface area contributed by atoms with Crippen molar-refractivity contribution in [2.24, 2.45) is 11.8 Å². The molecule has 0 radical (unpaired) electrons. The van der Waals surface area contributed by atoms with E-state index in [-0.39, 0.29) is 62.0 Å². The Morgan fingerprint density at radius 2 is 1.08 bits per heavy atom. The number of hydroxylamine groups is 4. The average molecular weight is 1200 g/mol. The van der Waals surface area contributed by atoms with Gasteiger partial charge >= 0.3 is 24.0 Å². The highest BCUT2D eigenvalue weighted by Gasteiger charge is 2.77. The van der Waals surface area contributed by atoms with Crippen LogP contribution in [0.15, 0.2) is 118 Å². The number of aliphatic hydroxyl groups excluding tert-OH is 2. The number of carbonyl (C=O) groups excluding carboxylic acids is 6. The predicted molar refractivity (Wildman–Crippen MR) is 327 cm³/mol. The Bertz CT molecular complexity index is 2900. The predicted octanol–water partition coefficient (Wildman–Crippen LogP) is 11.5. The maximum absolute atomic E-state index is 13.4. The molecular formula is C64H88Cl2N6O12. The fourth-order valence-corrected chi connectivity index (χ4v) is 11.7. The molecule has 4 aliphatic carbocycles. The number of allylic oxidation sites excluding steroid dienone is 6. The van der Waals surface area contributed by atoms with Crippen molar-refractivity contribution in [1.29, 1.82) is 0 Å². The molecule has 460 valence electrons. The first-order chi connectivity index (χ1) is 39.3. The molecule has 7 aliphatic rings. The van der Waals surface area contributed by atoms with Gasteiger partial charge in [0.2, 0.25) is 11.8 Å². The zero-order valence-corrected chi connectivity index (χ0v) is 53.2. The summed E-state index contributed by atoms with van der Waals surface area (Å²) in [5.41, 5.74) is 4.80. The fraction of sp³-hybridized carbons (Fsp3) is 0.531. The van der Waals surface area contributed by atoms with Crippen molar-refractivity contribution in [3.63, 3.8) is 0 Å². The molecule has 20 heteroatoms. The number of ether oxygens (including phenoxy) is 2. The van der Waals surface area contributed by atoms with Gasteiger partial charge in [0, 0.05) is 39.6 Å². The number of nitrogens with one attached hydrogen (secondary N) is 2. The molecule has 2 aromatic carbocycles. The number of carbonyl (C=O) groups is 6. The quantitative estimate of drug-likeness (QED) is 0.0789. The van der Waals surface area contributed by atoms with Gasteiger partial charge in [0.05, 0.1) is 31.1 Å². The number of esters is 2. The number of rotatable bonds is 14. The van der Waals surface area contributed by atoms with Gasteiger partial charge in [-0.25, -0.2) is 9.59 Å². The number of nitrogens with zero attached hydrogens (tertiary/aromatic N) is 4. The number of benzene rings is 2. The summed E-state index contributed by atoms with van der Waals surface area (Å²) in [6.07, 6.45) is 17.3. The van der Waals surface area contributed by atoms with Crippen LogP contribution in [0.2, 0.25) is 0 Å². The Morgan fingerprint density at radius 3 is 1.45 bits per heavy atom. The zero-order chi connectivity index (χ0) is 62.8. The van der Waals surface area contributed by atoms with Crippen LogP contribution in [0.4, 0.5) is 21.0 Å². The van der Waals surface area contributed by atoms with Gasteiger partial charge in [-0.1, -0.05) is 74.6 Å². The normalized spacial score (nSPS) is 24.6. The highest BCUT2D eigenvalue weighted by atomic mass is 35.5. The van der Waals surface area contributed by atoms with Crippen molar-refractivity contribution in [3.05, 3.63) is 130 Å². The van der Waals surface area contributed by atoms with Crippen LogP contribution < -0.4 is 10.6 Å². The maximum Gasteiger partial charge on any atom is 0.346 e. The van der Waals surface area contributed by atoms with Gasteiger partial charge in [0.1, 0.15) is 22.4 Å². The van der Waals surface area contributed by atoms with Gasteiger partial charge in [-0.15, -0.1) is 23.2 Å². The minimum Gasteiger partial charge on any atom is -0.453 e. The van der Waals surface area contributed by atoms with Crippen molar-refractivity contribution < 1.29 is 58.1 Å². The molecule has 4 bridgehead atoms. The molecule has 0 aromatic heterocycles. The molecular weight excluding hydrogens is 1120 g/mol. The molecule has 84 heavy (non-hydrogen) atoms. The summed E-state index contributed by atoms with van der Waals surface area (Å²) < 4.78 is 12.0. The zero-order valence-electron chi connectivity index (χ0n) is 51.7. The lowest BCUT2D eigenvalue weighted by molar-refractivity contribution is -0.192. The summed E-state index contributed by atoms with van der Waals surface area (Å²) in [7, 11) is 6.51. The molecule has 2 saturated heterocycles. The van der Waals surface area contributed by atoms with Crippen molar-refractivity contribution in [1.82, 2.24) is 19.9 Å². The summed E-state index contributed by atoms with van der Waals surface area (Å²) in [5.74, 6) is -2.44. The molecule has 3 aliphatic heterocycles. The molecule has 9 unspecified atom stereocenters. The molecule has 18 nitrogen and oxygen atoms in total. The first-order valence-electron chi connectivity index (χ1n) is 28.5. The molecule has 0 spiro atoms. The summed E-state index contributed by atoms with van der Waals surface area (Å²) in [4.78, 5) is 89.8. The van der Waals surface area contributed by atoms with Gasteiger partial charge < -0.3 is 40.1 Å². The van der Waals surface area contributed by atoms with E-state index in [1.165, 1.54) is 43.9 Å². The van der Waals surface area contributed by atoms with Gasteiger partial charge in [0.15, 0.2) is 16.8 Å². The van der Waals surface area contributed by atoms with E-state index in [9.17, 15) is 33.9 Å².